The highest BCUT2D eigenvalue weighted by Crippen LogP contribution is 2.13. The van der Waals surface area contributed by atoms with Gasteiger partial charge in [0.05, 0.1) is 6.20 Å². The Bertz CT molecular complexity index is 488. The molecule has 0 saturated heterocycles. The van der Waals surface area contributed by atoms with E-state index in [2.05, 4.69) is 34.1 Å². The van der Waals surface area contributed by atoms with Crippen LogP contribution in [-0.4, -0.2) is 21.0 Å². The minimum atomic E-state index is 0.471. The van der Waals surface area contributed by atoms with Gasteiger partial charge in [-0.25, -0.2) is 9.97 Å². The number of H-pyrrole nitrogens is 1. The van der Waals surface area contributed by atoms with Crippen molar-refractivity contribution in [1.82, 2.24) is 20.3 Å². The van der Waals surface area contributed by atoms with E-state index in [1.807, 2.05) is 31.3 Å². The van der Waals surface area contributed by atoms with E-state index in [4.69, 9.17) is 0 Å². The van der Waals surface area contributed by atoms with Crippen molar-refractivity contribution in [1.29, 1.82) is 0 Å². The Morgan fingerprint density at radius 2 is 2.18 bits per heavy atom. The molecule has 2 rings (SSSR count). The number of aromatic nitrogens is 3. The first-order valence-electron chi connectivity index (χ1n) is 5.86. The minimum absolute atomic E-state index is 0.471. The van der Waals surface area contributed by atoms with Gasteiger partial charge in [0, 0.05) is 24.0 Å². The topological polar surface area (TPSA) is 53.6 Å². The van der Waals surface area contributed by atoms with E-state index >= 15 is 0 Å². The molecule has 0 spiro atoms. The summed E-state index contributed by atoms with van der Waals surface area (Å²) in [5.74, 6) is 0.828. The molecule has 0 aromatic carbocycles. The first-order chi connectivity index (χ1) is 8.15. The van der Waals surface area contributed by atoms with Gasteiger partial charge in [0.2, 0.25) is 0 Å². The van der Waals surface area contributed by atoms with E-state index in [-0.39, 0.29) is 0 Å². The van der Waals surface area contributed by atoms with Crippen LogP contribution in [0.15, 0.2) is 24.4 Å². The summed E-state index contributed by atoms with van der Waals surface area (Å²) in [4.78, 5) is 12.1. The van der Waals surface area contributed by atoms with Crippen LogP contribution in [0.4, 0.5) is 0 Å². The summed E-state index contributed by atoms with van der Waals surface area (Å²) in [5.41, 5.74) is 2.97. The van der Waals surface area contributed by atoms with Gasteiger partial charge < -0.3 is 10.3 Å². The molecular weight excluding hydrogens is 212 g/mol. The third-order valence-electron chi connectivity index (χ3n) is 2.46. The van der Waals surface area contributed by atoms with Crippen LogP contribution >= 0.6 is 0 Å². The third kappa shape index (κ3) is 3.14. The van der Waals surface area contributed by atoms with E-state index in [1.165, 1.54) is 0 Å². The molecular formula is C13H18N4. The van der Waals surface area contributed by atoms with Crippen molar-refractivity contribution in [2.24, 2.45) is 0 Å². The molecule has 0 aliphatic heterocycles. The molecule has 4 nitrogen and oxygen atoms in total. The van der Waals surface area contributed by atoms with Crippen LogP contribution < -0.4 is 5.32 Å². The highest BCUT2D eigenvalue weighted by atomic mass is 15.0. The van der Waals surface area contributed by atoms with Gasteiger partial charge in [0.1, 0.15) is 5.69 Å². The maximum atomic E-state index is 4.44. The SMILES string of the molecule is Cc1cccc(-c2ncc(CNC(C)C)[nH]2)n1. The Hall–Kier alpha value is -1.68. The van der Waals surface area contributed by atoms with Crippen LogP contribution in [-0.2, 0) is 6.54 Å². The van der Waals surface area contributed by atoms with Gasteiger partial charge in [-0.05, 0) is 19.1 Å². The maximum absolute atomic E-state index is 4.44. The molecule has 0 radical (unpaired) electrons. The molecule has 0 atom stereocenters. The molecule has 4 heteroatoms. The monoisotopic (exact) mass is 230 g/mol. The maximum Gasteiger partial charge on any atom is 0.156 e. The molecule has 2 heterocycles. The van der Waals surface area contributed by atoms with E-state index in [0.717, 1.165) is 29.5 Å². The number of pyridine rings is 1. The Kier molecular flexibility index (Phi) is 3.54. The molecule has 0 aliphatic rings. The Balaban J connectivity index is 2.12. The Morgan fingerprint density at radius 3 is 2.88 bits per heavy atom. The molecule has 0 amide bonds. The number of hydrogen-bond donors (Lipinski definition) is 2. The summed E-state index contributed by atoms with van der Waals surface area (Å²) >= 11 is 0. The van der Waals surface area contributed by atoms with Crippen molar-refractivity contribution in [3.8, 4) is 11.5 Å². The zero-order valence-corrected chi connectivity index (χ0v) is 10.5. The number of nitrogens with one attached hydrogen (secondary N) is 2. The summed E-state index contributed by atoms with van der Waals surface area (Å²) in [7, 11) is 0. The van der Waals surface area contributed by atoms with Crippen LogP contribution in [0.1, 0.15) is 25.2 Å². The summed E-state index contributed by atoms with van der Waals surface area (Å²) in [6.45, 7) is 7.03. The van der Waals surface area contributed by atoms with Crippen molar-refractivity contribution < 1.29 is 0 Å². The zero-order chi connectivity index (χ0) is 12.3. The van der Waals surface area contributed by atoms with E-state index < -0.39 is 0 Å². The number of aryl methyl sites for hydroxylation is 1. The van der Waals surface area contributed by atoms with Gasteiger partial charge in [-0.1, -0.05) is 19.9 Å². The van der Waals surface area contributed by atoms with Gasteiger partial charge >= 0.3 is 0 Å². The summed E-state index contributed by atoms with van der Waals surface area (Å²) in [5, 5.41) is 3.35. The van der Waals surface area contributed by atoms with Crippen molar-refractivity contribution in [3.63, 3.8) is 0 Å². The number of aromatic amines is 1. The molecule has 0 bridgehead atoms. The van der Waals surface area contributed by atoms with Gasteiger partial charge in [-0.3, -0.25) is 0 Å². The molecule has 0 fully saturated rings. The third-order valence-corrected chi connectivity index (χ3v) is 2.46. The van der Waals surface area contributed by atoms with Crippen molar-refractivity contribution in [2.45, 2.75) is 33.4 Å². The van der Waals surface area contributed by atoms with E-state index in [0.29, 0.717) is 6.04 Å². The normalized spacial score (nSPS) is 11.1. The van der Waals surface area contributed by atoms with E-state index in [1.54, 1.807) is 0 Å². The van der Waals surface area contributed by atoms with Gasteiger partial charge in [-0.2, -0.15) is 0 Å². The van der Waals surface area contributed by atoms with Gasteiger partial charge in [-0.15, -0.1) is 0 Å². The molecule has 0 aliphatic carbocycles. The lowest BCUT2D eigenvalue weighted by molar-refractivity contribution is 0.583. The first kappa shape index (κ1) is 11.8. The summed E-state index contributed by atoms with van der Waals surface area (Å²) in [6, 6.07) is 6.41. The lowest BCUT2D eigenvalue weighted by atomic mass is 10.3. The Labute approximate surface area is 102 Å². The lowest BCUT2D eigenvalue weighted by Gasteiger charge is -2.05. The molecule has 17 heavy (non-hydrogen) atoms. The number of nitrogens with zero attached hydrogens (tertiary/aromatic N) is 2. The number of hydrogen-bond acceptors (Lipinski definition) is 3. The van der Waals surface area contributed by atoms with Crippen molar-refractivity contribution >= 4 is 0 Å². The number of imidazole rings is 1. The van der Waals surface area contributed by atoms with Crippen LogP contribution in [0.25, 0.3) is 11.5 Å². The largest absolute Gasteiger partial charge is 0.339 e. The second kappa shape index (κ2) is 5.10. The van der Waals surface area contributed by atoms with Crippen molar-refractivity contribution in [2.75, 3.05) is 0 Å². The molecule has 0 saturated carbocycles. The van der Waals surface area contributed by atoms with Crippen molar-refractivity contribution in [3.05, 3.63) is 35.8 Å². The lowest BCUT2D eigenvalue weighted by Crippen LogP contribution is -2.21. The molecule has 2 aromatic heterocycles. The summed E-state index contributed by atoms with van der Waals surface area (Å²) < 4.78 is 0. The molecule has 0 unspecified atom stereocenters. The smallest absolute Gasteiger partial charge is 0.156 e. The average Bonchev–Trinajstić information content (AvgIpc) is 2.75. The number of rotatable bonds is 4. The molecule has 90 valence electrons. The summed E-state index contributed by atoms with van der Waals surface area (Å²) in [6.07, 6.45) is 1.86. The van der Waals surface area contributed by atoms with E-state index in [9.17, 15) is 0 Å². The Morgan fingerprint density at radius 1 is 1.35 bits per heavy atom. The van der Waals surface area contributed by atoms with Crippen LogP contribution in [0, 0.1) is 6.92 Å². The standard InChI is InChI=1S/C13H18N4/c1-9(2)14-7-11-8-15-13(17-11)12-6-4-5-10(3)16-12/h4-6,8-9,14H,7H2,1-3H3,(H,15,17). The fourth-order valence-corrected chi connectivity index (χ4v) is 1.57. The predicted molar refractivity (Wildman–Crippen MR) is 68.5 cm³/mol. The highest BCUT2D eigenvalue weighted by molar-refractivity contribution is 5.49. The minimum Gasteiger partial charge on any atom is -0.339 e. The van der Waals surface area contributed by atoms with Crippen LogP contribution in [0.3, 0.4) is 0 Å². The van der Waals surface area contributed by atoms with Crippen LogP contribution in [0.5, 0.6) is 0 Å². The van der Waals surface area contributed by atoms with Crippen LogP contribution in [0.2, 0.25) is 0 Å². The predicted octanol–water partition coefficient (Wildman–Crippen LogP) is 2.28. The second-order valence-electron chi connectivity index (χ2n) is 4.46. The average molecular weight is 230 g/mol. The second-order valence-corrected chi connectivity index (χ2v) is 4.46. The quantitative estimate of drug-likeness (QED) is 0.847. The fourth-order valence-electron chi connectivity index (χ4n) is 1.57. The fraction of sp³-hybridized carbons (Fsp3) is 0.385. The zero-order valence-electron chi connectivity index (χ0n) is 10.5. The molecule has 2 aromatic rings. The molecule has 2 N–H and O–H groups in total. The highest BCUT2D eigenvalue weighted by Gasteiger charge is 2.05. The van der Waals surface area contributed by atoms with Gasteiger partial charge in [0.25, 0.3) is 0 Å². The first-order valence-corrected chi connectivity index (χ1v) is 5.86. The van der Waals surface area contributed by atoms with Gasteiger partial charge in [0.15, 0.2) is 5.82 Å².